The van der Waals surface area contributed by atoms with Gasteiger partial charge in [0.25, 0.3) is 0 Å². The molecule has 0 aromatic heterocycles. The van der Waals surface area contributed by atoms with Crippen molar-refractivity contribution in [2.45, 2.75) is 0 Å². The van der Waals surface area contributed by atoms with Crippen LogP contribution in [-0.4, -0.2) is 35.1 Å². The molecule has 1 rings (SSSR count). The summed E-state index contributed by atoms with van der Waals surface area (Å²) >= 11 is 0. The van der Waals surface area contributed by atoms with Crippen molar-refractivity contribution >= 4 is 22.2 Å². The fourth-order valence-electron chi connectivity index (χ4n) is 0.785. The Hall–Kier alpha value is -0.970. The Labute approximate surface area is 125 Å². The first-order valence-electron chi connectivity index (χ1n) is 3.90. The number of hydrogen-bond acceptors (Lipinski definition) is 4. The van der Waals surface area contributed by atoms with E-state index >= 15 is 0 Å². The van der Waals surface area contributed by atoms with Gasteiger partial charge >= 0.3 is 41.5 Å². The van der Waals surface area contributed by atoms with Crippen LogP contribution in [0.15, 0.2) is 24.3 Å². The molecule has 94 valence electrons. The monoisotopic (exact) mass is 285 g/mol. The maximum Gasteiger partial charge on any atom is 1.00 e. The quantitative estimate of drug-likeness (QED) is 0.416. The summed E-state index contributed by atoms with van der Waals surface area (Å²) in [6.45, 7) is 0. The minimum atomic E-state index is -4.42. The van der Waals surface area contributed by atoms with Crippen LogP contribution in [0.4, 0.5) is 0 Å². The van der Waals surface area contributed by atoms with E-state index in [0.29, 0.717) is 0 Å². The molecule has 0 spiro atoms. The topological polar surface area (TPSA) is 153 Å². The maximum atomic E-state index is 10.4. The molecule has 0 radical (unpaired) electrons. The van der Waals surface area contributed by atoms with Crippen molar-refractivity contribution in [1.82, 2.24) is 0 Å². The molecule has 0 fully saturated rings. The SMILES string of the molecule is O=C(O)c1cccc(C(=O)O)c1.[NH-]S(=O)(=O)O.[Na+]. The summed E-state index contributed by atoms with van der Waals surface area (Å²) in [4.78, 5) is 20.8. The average molecular weight is 285 g/mol. The normalized spacial score (nSPS) is 9.44. The van der Waals surface area contributed by atoms with E-state index in [1.54, 1.807) is 0 Å². The first-order chi connectivity index (χ1) is 7.61. The first-order valence-corrected chi connectivity index (χ1v) is 5.34. The summed E-state index contributed by atoms with van der Waals surface area (Å²) in [5.41, 5.74) is -0.0372. The van der Waals surface area contributed by atoms with Crippen LogP contribution in [0.25, 0.3) is 5.14 Å². The molecule has 18 heavy (non-hydrogen) atoms. The van der Waals surface area contributed by atoms with E-state index in [1.165, 1.54) is 18.2 Å². The number of carbonyl (C=O) groups is 2. The van der Waals surface area contributed by atoms with Crippen molar-refractivity contribution in [3.05, 3.63) is 40.5 Å². The molecular weight excluding hydrogens is 277 g/mol. The van der Waals surface area contributed by atoms with Crippen LogP contribution in [0.1, 0.15) is 20.7 Å². The molecule has 0 aliphatic carbocycles. The predicted octanol–water partition coefficient (Wildman–Crippen LogP) is -2.07. The van der Waals surface area contributed by atoms with E-state index in [1.807, 2.05) is 0 Å². The van der Waals surface area contributed by atoms with Crippen molar-refractivity contribution < 1.29 is 62.3 Å². The summed E-state index contributed by atoms with van der Waals surface area (Å²) in [6.07, 6.45) is 0. The number of rotatable bonds is 2. The second-order valence-corrected chi connectivity index (χ2v) is 3.62. The summed E-state index contributed by atoms with van der Waals surface area (Å²) in [5, 5.41) is 22.5. The summed E-state index contributed by atoms with van der Waals surface area (Å²) in [7, 11) is -4.42. The van der Waals surface area contributed by atoms with Crippen LogP contribution < -0.4 is 29.6 Å². The molecule has 0 amide bonds. The molecule has 0 saturated carbocycles. The van der Waals surface area contributed by atoms with Gasteiger partial charge in [-0.25, -0.2) is 18.0 Å². The third-order valence-electron chi connectivity index (χ3n) is 1.36. The Kier molecular flexibility index (Phi) is 8.81. The second-order valence-electron chi connectivity index (χ2n) is 2.67. The number of hydrogen-bond donors (Lipinski definition) is 3. The fraction of sp³-hybridized carbons (Fsp3) is 0. The van der Waals surface area contributed by atoms with Gasteiger partial charge in [0.05, 0.1) is 11.1 Å². The Balaban J connectivity index is 0. The minimum absolute atomic E-state index is 0. The number of carboxylic acid groups (broad SMARTS) is 2. The molecular formula is C8H8NNaO7S. The summed E-state index contributed by atoms with van der Waals surface area (Å²) in [5.74, 6) is -2.25. The van der Waals surface area contributed by atoms with E-state index in [-0.39, 0.29) is 40.7 Å². The van der Waals surface area contributed by atoms with E-state index in [9.17, 15) is 9.59 Å². The molecule has 8 nitrogen and oxygen atoms in total. The molecule has 1 aromatic carbocycles. The summed E-state index contributed by atoms with van der Waals surface area (Å²) < 4.78 is 24.9. The van der Waals surface area contributed by atoms with Gasteiger partial charge in [-0.3, -0.25) is 4.55 Å². The van der Waals surface area contributed by atoms with Gasteiger partial charge in [0.2, 0.25) is 0 Å². The Morgan fingerprint density at radius 1 is 1.06 bits per heavy atom. The van der Waals surface area contributed by atoms with Crippen LogP contribution >= 0.6 is 0 Å². The van der Waals surface area contributed by atoms with Crippen LogP contribution in [-0.2, 0) is 10.3 Å². The number of aromatic carboxylic acids is 2. The van der Waals surface area contributed by atoms with Crippen LogP contribution in [0, 0.1) is 0 Å². The van der Waals surface area contributed by atoms with E-state index in [0.717, 1.165) is 6.07 Å². The standard InChI is InChI=1S/C8H6O4.H2NO3S.Na/c9-7(10)5-2-1-3-6(4-5)8(11)12;1-5(2,3)4;/h1-4H,(H,9,10)(H,11,12);(H2-,1,2,3,4);/q;-1;+1. The maximum absolute atomic E-state index is 10.4. The molecule has 10 heteroatoms. The molecule has 1 aromatic rings. The molecule has 0 saturated heterocycles. The van der Waals surface area contributed by atoms with Gasteiger partial charge in [-0.05, 0) is 18.2 Å². The van der Waals surface area contributed by atoms with Crippen molar-refractivity contribution in [2.75, 3.05) is 0 Å². The Morgan fingerprint density at radius 2 is 1.33 bits per heavy atom. The van der Waals surface area contributed by atoms with Gasteiger partial charge in [-0.2, -0.15) is 0 Å². The van der Waals surface area contributed by atoms with Crippen LogP contribution in [0.3, 0.4) is 0 Å². The largest absolute Gasteiger partial charge is 1.00 e. The third kappa shape index (κ3) is 10.2. The third-order valence-corrected chi connectivity index (χ3v) is 1.36. The number of nitrogens with one attached hydrogen (secondary N) is 1. The molecule has 0 heterocycles. The van der Waals surface area contributed by atoms with Gasteiger partial charge in [-0.15, -0.1) is 0 Å². The molecule has 0 unspecified atom stereocenters. The van der Waals surface area contributed by atoms with E-state index in [4.69, 9.17) is 28.3 Å². The van der Waals surface area contributed by atoms with Crippen molar-refractivity contribution in [3.63, 3.8) is 0 Å². The van der Waals surface area contributed by atoms with Crippen molar-refractivity contribution in [1.29, 1.82) is 0 Å². The second kappa shape index (κ2) is 8.19. The van der Waals surface area contributed by atoms with Gasteiger partial charge in [0, 0.05) is 0 Å². The molecule has 4 N–H and O–H groups in total. The van der Waals surface area contributed by atoms with Gasteiger partial charge in [0.15, 0.2) is 10.3 Å². The van der Waals surface area contributed by atoms with Crippen molar-refractivity contribution in [2.24, 2.45) is 0 Å². The fourth-order valence-corrected chi connectivity index (χ4v) is 0.785. The van der Waals surface area contributed by atoms with Crippen LogP contribution in [0.5, 0.6) is 0 Å². The predicted molar refractivity (Wildman–Crippen MR) is 56.2 cm³/mol. The minimum Gasteiger partial charge on any atom is -0.540 e. The molecule has 0 aliphatic rings. The van der Waals surface area contributed by atoms with Gasteiger partial charge in [0.1, 0.15) is 0 Å². The zero-order valence-corrected chi connectivity index (χ0v) is 12.0. The zero-order valence-electron chi connectivity index (χ0n) is 9.19. The number of benzene rings is 1. The number of carboxylic acids is 2. The van der Waals surface area contributed by atoms with E-state index in [2.05, 4.69) is 0 Å². The molecule has 0 bridgehead atoms. The first kappa shape index (κ1) is 19.4. The molecule has 0 atom stereocenters. The molecule has 0 aliphatic heterocycles. The van der Waals surface area contributed by atoms with Gasteiger partial charge < -0.3 is 15.4 Å². The average Bonchev–Trinajstić information content (AvgIpc) is 2.15. The van der Waals surface area contributed by atoms with Gasteiger partial charge in [-0.1, -0.05) is 6.07 Å². The smallest absolute Gasteiger partial charge is 0.540 e. The Morgan fingerprint density at radius 3 is 1.56 bits per heavy atom. The van der Waals surface area contributed by atoms with Crippen molar-refractivity contribution in [3.8, 4) is 0 Å². The summed E-state index contributed by atoms with van der Waals surface area (Å²) in [6, 6.07) is 5.20. The van der Waals surface area contributed by atoms with Crippen LogP contribution in [0.2, 0.25) is 0 Å². The zero-order chi connectivity index (χ0) is 13.6. The van der Waals surface area contributed by atoms with E-state index < -0.39 is 22.2 Å². The Bertz CT molecular complexity index is 491.